The number of amides is 1. The summed E-state index contributed by atoms with van der Waals surface area (Å²) in [5, 5.41) is 0. The predicted octanol–water partition coefficient (Wildman–Crippen LogP) is 0.119. The van der Waals surface area contributed by atoms with Crippen molar-refractivity contribution >= 4 is 41.9 Å². The number of hydrogen-bond donors (Lipinski definition) is 1. The minimum Gasteiger partial charge on any atom is -0.379 e. The molecule has 1 amide bonds. The van der Waals surface area contributed by atoms with Crippen LogP contribution in [0.25, 0.3) is 0 Å². The lowest BCUT2D eigenvalue weighted by Crippen LogP contribution is -2.56. The van der Waals surface area contributed by atoms with E-state index in [2.05, 4.69) is 46.1 Å². The van der Waals surface area contributed by atoms with Crippen LogP contribution >= 0.6 is 20.3 Å². The second-order valence-corrected chi connectivity index (χ2v) is 15.5. The van der Waals surface area contributed by atoms with Crippen LogP contribution in [0.15, 0.2) is 0 Å². The third kappa shape index (κ3) is 8.95. The van der Waals surface area contributed by atoms with Gasteiger partial charge in [0.1, 0.15) is 15.7 Å². The van der Waals surface area contributed by atoms with Gasteiger partial charge in [0.15, 0.2) is 0 Å². The Bertz CT molecular complexity index is 840. The Labute approximate surface area is 237 Å². The summed E-state index contributed by atoms with van der Waals surface area (Å²) in [6.07, 6.45) is -0.402. The fraction of sp³-hybridized carbons (Fsp3) is 0.958. The maximum absolute atomic E-state index is 14.9. The Balaban J connectivity index is 1.77. The first-order chi connectivity index (χ1) is 17.6. The zero-order valence-electron chi connectivity index (χ0n) is 24.7. The van der Waals surface area contributed by atoms with Crippen LogP contribution in [0.1, 0.15) is 41.5 Å². The van der Waals surface area contributed by atoms with Gasteiger partial charge in [0, 0.05) is 69.9 Å². The van der Waals surface area contributed by atoms with Crippen molar-refractivity contribution in [2.75, 3.05) is 71.3 Å². The van der Waals surface area contributed by atoms with Crippen molar-refractivity contribution in [3.05, 3.63) is 0 Å². The Morgan fingerprint density at radius 3 is 2.03 bits per heavy atom. The summed E-state index contributed by atoms with van der Waals surface area (Å²) in [6, 6.07) is -0.0577. The van der Waals surface area contributed by atoms with Crippen LogP contribution in [0.4, 0.5) is 0 Å². The number of piperazine rings is 1. The summed E-state index contributed by atoms with van der Waals surface area (Å²) >= 11 is 4.14. The molecule has 0 radical (unpaired) electrons. The van der Waals surface area contributed by atoms with E-state index in [0.717, 1.165) is 13.1 Å². The highest BCUT2D eigenvalue weighted by molar-refractivity contribution is 7.81. The molecule has 14 heteroatoms. The lowest BCUT2D eigenvalue weighted by Gasteiger charge is -2.47. The van der Waals surface area contributed by atoms with E-state index in [9.17, 15) is 9.36 Å². The summed E-state index contributed by atoms with van der Waals surface area (Å²) in [5.74, 6) is 0.168. The molecule has 3 aliphatic heterocycles. The number of morpholine rings is 2. The molecule has 218 valence electrons. The molecular weight excluding hydrogens is 525 g/mol. The summed E-state index contributed by atoms with van der Waals surface area (Å²) in [4.78, 5) is 16.4. The molecule has 3 fully saturated rings. The molecule has 3 heterocycles. The summed E-state index contributed by atoms with van der Waals surface area (Å²) in [7, 11) is 0.626. The van der Waals surface area contributed by atoms with Crippen LogP contribution in [-0.2, 0) is 28.1 Å². The number of carbonyl (C=O) groups is 1. The number of ether oxygens (including phenoxy) is 3. The smallest absolute Gasteiger partial charge is 0.346 e. The third-order valence-corrected chi connectivity index (χ3v) is 10.1. The van der Waals surface area contributed by atoms with Gasteiger partial charge in [0.05, 0.1) is 36.8 Å². The number of hydrogen-bond acceptors (Lipinski definition) is 8. The molecule has 0 N–H and O–H groups in total. The van der Waals surface area contributed by atoms with Gasteiger partial charge in [-0.2, -0.15) is 12.6 Å². The van der Waals surface area contributed by atoms with E-state index in [1.165, 1.54) is 0 Å². The lowest BCUT2D eigenvalue weighted by molar-refractivity contribution is -0.129. The van der Waals surface area contributed by atoms with Crippen molar-refractivity contribution < 1.29 is 28.1 Å². The van der Waals surface area contributed by atoms with Gasteiger partial charge in [0.2, 0.25) is 5.91 Å². The van der Waals surface area contributed by atoms with E-state index in [0.29, 0.717) is 45.9 Å². The highest BCUT2D eigenvalue weighted by atomic mass is 32.1. The molecular formula is C24H49B2N4O6PS. The molecule has 0 aliphatic carbocycles. The number of thiol groups is 1. The Morgan fingerprint density at radius 1 is 0.895 bits per heavy atom. The van der Waals surface area contributed by atoms with Gasteiger partial charge in [-0.05, 0) is 41.5 Å². The normalized spacial score (nSPS) is 30.8. The fourth-order valence-corrected chi connectivity index (χ4v) is 7.92. The quantitative estimate of drug-likeness (QED) is 0.247. The number of nitrogens with zero attached hydrogens (tertiary/aromatic N) is 4. The van der Waals surface area contributed by atoms with Crippen LogP contribution in [0.3, 0.4) is 0 Å². The van der Waals surface area contributed by atoms with E-state index in [-0.39, 0.29) is 53.6 Å². The average Bonchev–Trinajstić information content (AvgIpc) is 2.84. The van der Waals surface area contributed by atoms with Gasteiger partial charge < -0.3 is 23.6 Å². The SMILES string of the molecule is BC1CN(C(C)(C)C)CC(COP(=O)(N2CCN(C(=O)CS)CC2)N2CC(B)OC(COC(C)(C)C)C2)O1. The van der Waals surface area contributed by atoms with Gasteiger partial charge in [-0.15, -0.1) is 0 Å². The molecule has 10 nitrogen and oxygen atoms in total. The molecule has 5 unspecified atom stereocenters. The molecule has 3 aliphatic rings. The molecule has 0 aromatic rings. The molecule has 3 rings (SSSR count). The largest absolute Gasteiger partial charge is 0.379 e. The van der Waals surface area contributed by atoms with Crippen LogP contribution in [0.5, 0.6) is 0 Å². The van der Waals surface area contributed by atoms with Crippen molar-refractivity contribution in [1.29, 1.82) is 0 Å². The Kier molecular flexibility index (Phi) is 11.3. The Hall–Kier alpha value is -0.100. The summed E-state index contributed by atoms with van der Waals surface area (Å²) in [6.45, 7) is 17.8. The molecule has 38 heavy (non-hydrogen) atoms. The maximum Gasteiger partial charge on any atom is 0.346 e. The van der Waals surface area contributed by atoms with E-state index in [4.69, 9.17) is 18.7 Å². The van der Waals surface area contributed by atoms with Crippen molar-refractivity contribution in [3.8, 4) is 0 Å². The number of rotatable bonds is 8. The van der Waals surface area contributed by atoms with Crippen LogP contribution in [-0.4, -0.2) is 147 Å². The summed E-state index contributed by atoms with van der Waals surface area (Å²) < 4.78 is 43.7. The van der Waals surface area contributed by atoms with E-state index >= 15 is 0 Å². The molecule has 5 atom stereocenters. The van der Waals surface area contributed by atoms with E-state index < -0.39 is 7.67 Å². The van der Waals surface area contributed by atoms with Crippen molar-refractivity contribution in [2.45, 2.75) is 76.9 Å². The third-order valence-electron chi connectivity index (χ3n) is 7.17. The zero-order chi connectivity index (χ0) is 28.3. The first-order valence-corrected chi connectivity index (χ1v) is 16.1. The molecule has 3 saturated heterocycles. The van der Waals surface area contributed by atoms with Crippen LogP contribution < -0.4 is 0 Å². The summed E-state index contributed by atoms with van der Waals surface area (Å²) in [5.41, 5.74) is -0.283. The first-order valence-electron chi connectivity index (χ1n) is 13.9. The molecule has 0 bridgehead atoms. The lowest BCUT2D eigenvalue weighted by atomic mass is 9.94. The highest BCUT2D eigenvalue weighted by Gasteiger charge is 2.45. The van der Waals surface area contributed by atoms with Gasteiger partial charge in [-0.1, -0.05) is 0 Å². The monoisotopic (exact) mass is 574 g/mol. The average molecular weight is 574 g/mol. The second-order valence-electron chi connectivity index (χ2n) is 12.8. The van der Waals surface area contributed by atoms with Gasteiger partial charge in [-0.25, -0.2) is 9.34 Å². The number of carbonyl (C=O) groups excluding carboxylic acids is 1. The van der Waals surface area contributed by atoms with Gasteiger partial charge >= 0.3 is 7.67 Å². The first kappa shape index (κ1) is 32.4. The predicted molar refractivity (Wildman–Crippen MR) is 159 cm³/mol. The zero-order valence-corrected chi connectivity index (χ0v) is 26.5. The molecule has 0 saturated carbocycles. The minimum atomic E-state index is -3.45. The van der Waals surface area contributed by atoms with Crippen molar-refractivity contribution in [3.63, 3.8) is 0 Å². The molecule has 0 aromatic carbocycles. The van der Waals surface area contributed by atoms with Gasteiger partial charge in [-0.3, -0.25) is 14.3 Å². The standard InChI is InChI=1S/C24H49B2N4O6PS/c1-23(2,3)28-11-18(35-20(25)13-28)16-34-37(32,29-9-7-27(8-10-29)22(31)17-38)30-12-19(36-21(26)14-30)15-33-24(4,5)6/h18-21,38H,7-17,25-26H2,1-6H3. The Morgan fingerprint density at radius 2 is 1.47 bits per heavy atom. The van der Waals surface area contributed by atoms with Gasteiger partial charge in [0.25, 0.3) is 0 Å². The second kappa shape index (κ2) is 13.3. The fourth-order valence-electron chi connectivity index (χ4n) is 5.17. The van der Waals surface area contributed by atoms with E-state index in [1.54, 1.807) is 4.90 Å². The minimum absolute atomic E-state index is 0.00464. The van der Waals surface area contributed by atoms with Crippen molar-refractivity contribution in [2.24, 2.45) is 0 Å². The molecule has 0 spiro atoms. The highest BCUT2D eigenvalue weighted by Crippen LogP contribution is 2.55. The van der Waals surface area contributed by atoms with Crippen molar-refractivity contribution in [1.82, 2.24) is 19.1 Å². The van der Waals surface area contributed by atoms with Crippen LogP contribution in [0.2, 0.25) is 0 Å². The topological polar surface area (TPSA) is 84.0 Å². The van der Waals surface area contributed by atoms with E-state index in [1.807, 2.05) is 38.0 Å². The molecule has 0 aromatic heterocycles. The van der Waals surface area contributed by atoms with Crippen LogP contribution in [0, 0.1) is 0 Å². The maximum atomic E-state index is 14.9.